The van der Waals surface area contributed by atoms with Crippen molar-refractivity contribution in [3.8, 4) is 11.5 Å². The Hall–Kier alpha value is -2.28. The SMILES string of the molecule is COc1cc(NC(=O)CCCCCCN)c(C(N)=O)cc1OC. The van der Waals surface area contributed by atoms with Crippen LogP contribution in [0, 0.1) is 0 Å². The van der Waals surface area contributed by atoms with E-state index in [1.54, 1.807) is 0 Å². The van der Waals surface area contributed by atoms with Crippen molar-refractivity contribution in [2.45, 2.75) is 32.1 Å². The van der Waals surface area contributed by atoms with Gasteiger partial charge in [-0.1, -0.05) is 12.8 Å². The third-order valence-electron chi connectivity index (χ3n) is 3.42. The smallest absolute Gasteiger partial charge is 0.250 e. The molecule has 1 aromatic rings. The van der Waals surface area contributed by atoms with Crippen LogP contribution in [0.2, 0.25) is 0 Å². The lowest BCUT2D eigenvalue weighted by Crippen LogP contribution is -2.18. The molecule has 128 valence electrons. The number of carbonyl (C=O) groups excluding carboxylic acids is 2. The average Bonchev–Trinajstić information content (AvgIpc) is 2.53. The molecule has 7 heteroatoms. The Bertz CT molecular complexity index is 546. The minimum Gasteiger partial charge on any atom is -0.493 e. The summed E-state index contributed by atoms with van der Waals surface area (Å²) in [4.78, 5) is 23.6. The fourth-order valence-electron chi connectivity index (χ4n) is 2.18. The maximum atomic E-state index is 12.0. The molecular formula is C16H25N3O4. The number of amides is 2. The van der Waals surface area contributed by atoms with Crippen LogP contribution in [-0.4, -0.2) is 32.6 Å². The van der Waals surface area contributed by atoms with Crippen LogP contribution < -0.4 is 26.3 Å². The molecule has 2 amide bonds. The molecule has 23 heavy (non-hydrogen) atoms. The highest BCUT2D eigenvalue weighted by molar-refractivity contribution is 6.03. The molecule has 1 aromatic carbocycles. The number of benzene rings is 1. The summed E-state index contributed by atoms with van der Waals surface area (Å²) in [6.45, 7) is 0.666. The van der Waals surface area contributed by atoms with E-state index in [4.69, 9.17) is 20.9 Å². The predicted molar refractivity (Wildman–Crippen MR) is 88.8 cm³/mol. The third kappa shape index (κ3) is 5.78. The number of unbranched alkanes of at least 4 members (excludes halogenated alkanes) is 3. The Balaban J connectivity index is 2.77. The molecule has 5 N–H and O–H groups in total. The summed E-state index contributed by atoms with van der Waals surface area (Å²) in [6.07, 6.45) is 4.05. The molecule has 0 fully saturated rings. The fraction of sp³-hybridized carbons (Fsp3) is 0.500. The molecule has 0 saturated heterocycles. The zero-order valence-electron chi connectivity index (χ0n) is 13.7. The quantitative estimate of drug-likeness (QED) is 0.566. The maximum Gasteiger partial charge on any atom is 0.250 e. The number of ether oxygens (including phenoxy) is 2. The summed E-state index contributed by atoms with van der Waals surface area (Å²) in [5.41, 5.74) is 11.3. The number of nitrogens with one attached hydrogen (secondary N) is 1. The Morgan fingerprint density at radius 1 is 1.04 bits per heavy atom. The summed E-state index contributed by atoms with van der Waals surface area (Å²) in [6, 6.07) is 2.99. The van der Waals surface area contributed by atoms with E-state index in [0.717, 1.165) is 25.7 Å². The first kappa shape index (κ1) is 18.8. The van der Waals surface area contributed by atoms with Crippen LogP contribution in [-0.2, 0) is 4.79 Å². The first-order valence-corrected chi connectivity index (χ1v) is 7.59. The summed E-state index contributed by atoms with van der Waals surface area (Å²) >= 11 is 0. The highest BCUT2D eigenvalue weighted by Gasteiger charge is 2.16. The molecule has 0 aliphatic carbocycles. The predicted octanol–water partition coefficient (Wildman–Crippen LogP) is 1.65. The lowest BCUT2D eigenvalue weighted by Gasteiger charge is -2.14. The van der Waals surface area contributed by atoms with E-state index in [0.29, 0.717) is 30.2 Å². The normalized spacial score (nSPS) is 10.2. The van der Waals surface area contributed by atoms with Crippen LogP contribution >= 0.6 is 0 Å². The van der Waals surface area contributed by atoms with Crippen LogP contribution in [0.5, 0.6) is 11.5 Å². The van der Waals surface area contributed by atoms with Crippen molar-refractivity contribution < 1.29 is 19.1 Å². The van der Waals surface area contributed by atoms with Crippen molar-refractivity contribution >= 4 is 17.5 Å². The summed E-state index contributed by atoms with van der Waals surface area (Å²) in [5, 5.41) is 2.71. The van der Waals surface area contributed by atoms with Gasteiger partial charge in [-0.15, -0.1) is 0 Å². The summed E-state index contributed by atoms with van der Waals surface area (Å²) in [5.74, 6) is -0.0338. The van der Waals surface area contributed by atoms with Crippen LogP contribution in [0.3, 0.4) is 0 Å². The molecule has 0 radical (unpaired) electrons. The highest BCUT2D eigenvalue weighted by Crippen LogP contribution is 2.33. The van der Waals surface area contributed by atoms with Crippen molar-refractivity contribution in [2.24, 2.45) is 11.5 Å². The van der Waals surface area contributed by atoms with Crippen molar-refractivity contribution in [3.63, 3.8) is 0 Å². The standard InChI is InChI=1S/C16H25N3O4/c1-22-13-9-11(16(18)21)12(10-14(13)23-2)19-15(20)7-5-3-4-6-8-17/h9-10H,3-8,17H2,1-2H3,(H2,18,21)(H,19,20). The van der Waals surface area contributed by atoms with Crippen LogP contribution in [0.4, 0.5) is 5.69 Å². The van der Waals surface area contributed by atoms with E-state index in [-0.39, 0.29) is 11.5 Å². The molecule has 7 nitrogen and oxygen atoms in total. The van der Waals surface area contributed by atoms with Gasteiger partial charge in [0, 0.05) is 12.5 Å². The molecule has 0 unspecified atom stereocenters. The second-order valence-electron chi connectivity index (χ2n) is 5.12. The molecular weight excluding hydrogens is 298 g/mol. The number of hydrogen-bond acceptors (Lipinski definition) is 5. The van der Waals surface area contributed by atoms with Gasteiger partial charge in [0.05, 0.1) is 25.5 Å². The van der Waals surface area contributed by atoms with Gasteiger partial charge in [-0.3, -0.25) is 9.59 Å². The fourth-order valence-corrected chi connectivity index (χ4v) is 2.18. The number of rotatable bonds is 10. The van der Waals surface area contributed by atoms with Crippen LogP contribution in [0.15, 0.2) is 12.1 Å². The number of anilines is 1. The number of hydrogen-bond donors (Lipinski definition) is 3. The molecule has 0 heterocycles. The van der Waals surface area contributed by atoms with Gasteiger partial charge in [0.25, 0.3) is 5.91 Å². The van der Waals surface area contributed by atoms with Crippen molar-refractivity contribution in [2.75, 3.05) is 26.1 Å². The Morgan fingerprint density at radius 2 is 1.65 bits per heavy atom. The molecule has 1 rings (SSSR count). The topological polar surface area (TPSA) is 117 Å². The van der Waals surface area contributed by atoms with E-state index in [9.17, 15) is 9.59 Å². The molecule has 0 aromatic heterocycles. The van der Waals surface area contributed by atoms with E-state index >= 15 is 0 Å². The lowest BCUT2D eigenvalue weighted by atomic mass is 10.1. The minimum atomic E-state index is -0.649. The highest BCUT2D eigenvalue weighted by atomic mass is 16.5. The van der Waals surface area contributed by atoms with E-state index in [2.05, 4.69) is 5.32 Å². The first-order chi connectivity index (χ1) is 11.0. The summed E-state index contributed by atoms with van der Waals surface area (Å²) < 4.78 is 10.3. The molecule has 0 spiro atoms. The second kappa shape index (κ2) is 9.68. The van der Waals surface area contributed by atoms with Crippen molar-refractivity contribution in [1.29, 1.82) is 0 Å². The first-order valence-electron chi connectivity index (χ1n) is 7.59. The summed E-state index contributed by atoms with van der Waals surface area (Å²) in [7, 11) is 2.94. The Morgan fingerprint density at radius 3 is 2.22 bits per heavy atom. The largest absolute Gasteiger partial charge is 0.493 e. The maximum absolute atomic E-state index is 12.0. The lowest BCUT2D eigenvalue weighted by molar-refractivity contribution is -0.116. The Kier molecular flexibility index (Phi) is 7.90. The monoisotopic (exact) mass is 323 g/mol. The van der Waals surface area contributed by atoms with Gasteiger partial charge in [0.1, 0.15) is 0 Å². The van der Waals surface area contributed by atoms with Gasteiger partial charge in [-0.05, 0) is 25.5 Å². The number of nitrogens with two attached hydrogens (primary N) is 2. The second-order valence-corrected chi connectivity index (χ2v) is 5.12. The molecule has 0 aliphatic rings. The van der Waals surface area contributed by atoms with Gasteiger partial charge in [-0.25, -0.2) is 0 Å². The number of carbonyl (C=O) groups is 2. The number of methoxy groups -OCH3 is 2. The van der Waals surface area contributed by atoms with Crippen LogP contribution in [0.25, 0.3) is 0 Å². The van der Waals surface area contributed by atoms with Gasteiger partial charge in [0.15, 0.2) is 11.5 Å². The zero-order chi connectivity index (χ0) is 17.2. The molecule has 0 bridgehead atoms. The van der Waals surface area contributed by atoms with E-state index < -0.39 is 5.91 Å². The van der Waals surface area contributed by atoms with Gasteiger partial charge in [0.2, 0.25) is 5.91 Å². The third-order valence-corrected chi connectivity index (χ3v) is 3.42. The van der Waals surface area contributed by atoms with Gasteiger partial charge in [-0.2, -0.15) is 0 Å². The van der Waals surface area contributed by atoms with Gasteiger partial charge >= 0.3 is 0 Å². The van der Waals surface area contributed by atoms with Crippen molar-refractivity contribution in [1.82, 2.24) is 0 Å². The average molecular weight is 323 g/mol. The Labute approximate surface area is 136 Å². The van der Waals surface area contributed by atoms with Gasteiger partial charge < -0.3 is 26.3 Å². The van der Waals surface area contributed by atoms with E-state index in [1.807, 2.05) is 0 Å². The minimum absolute atomic E-state index is 0.174. The van der Waals surface area contributed by atoms with Crippen LogP contribution in [0.1, 0.15) is 42.5 Å². The molecule has 0 aliphatic heterocycles. The van der Waals surface area contributed by atoms with E-state index in [1.165, 1.54) is 26.4 Å². The molecule has 0 atom stereocenters. The zero-order valence-corrected chi connectivity index (χ0v) is 13.7. The number of primary amides is 1. The van der Waals surface area contributed by atoms with Crippen molar-refractivity contribution in [3.05, 3.63) is 17.7 Å². The molecule has 0 saturated carbocycles.